The van der Waals surface area contributed by atoms with Gasteiger partial charge in [-0.2, -0.15) is 0 Å². The first kappa shape index (κ1) is 16.2. The van der Waals surface area contributed by atoms with Gasteiger partial charge in [-0.3, -0.25) is 0 Å². The van der Waals surface area contributed by atoms with Crippen molar-refractivity contribution in [3.63, 3.8) is 0 Å². The molecule has 114 valence electrons. The van der Waals surface area contributed by atoms with Crippen molar-refractivity contribution in [2.45, 2.75) is 46.1 Å². The van der Waals surface area contributed by atoms with Crippen LogP contribution in [0.1, 0.15) is 51.0 Å². The molecule has 0 radical (unpaired) electrons. The maximum absolute atomic E-state index is 4.45. The van der Waals surface area contributed by atoms with Gasteiger partial charge in [-0.05, 0) is 44.0 Å². The third kappa shape index (κ3) is 3.71. The van der Waals surface area contributed by atoms with E-state index in [1.54, 1.807) is 0 Å². The molecule has 1 heterocycles. The number of nitrogens with one attached hydrogen (secondary N) is 1. The summed E-state index contributed by atoms with van der Waals surface area (Å²) in [6.45, 7) is 7.53. The second-order valence-corrected chi connectivity index (χ2v) is 6.00. The third-order valence-electron chi connectivity index (χ3n) is 3.56. The number of nitrogens with zero attached hydrogens (tertiary/aromatic N) is 3. The van der Waals surface area contributed by atoms with Gasteiger partial charge in [0.25, 0.3) is 0 Å². The van der Waals surface area contributed by atoms with Crippen LogP contribution in [0.3, 0.4) is 0 Å². The predicted molar refractivity (Wildman–Crippen MR) is 89.8 cm³/mol. The van der Waals surface area contributed by atoms with Crippen LogP contribution in [-0.2, 0) is 6.42 Å². The Balaban J connectivity index is 2.37. The van der Waals surface area contributed by atoms with Crippen molar-refractivity contribution in [2.24, 2.45) is 0 Å². The van der Waals surface area contributed by atoms with Gasteiger partial charge in [0.15, 0.2) is 0 Å². The molecule has 0 spiro atoms. The zero-order valence-corrected chi connectivity index (χ0v) is 14.5. The normalized spacial score (nSPS) is 12.6. The molecule has 1 atom stereocenters. The molecule has 1 unspecified atom stereocenters. The van der Waals surface area contributed by atoms with Gasteiger partial charge in [-0.25, -0.2) is 4.68 Å². The van der Waals surface area contributed by atoms with Gasteiger partial charge in [-0.15, -0.1) is 5.10 Å². The summed E-state index contributed by atoms with van der Waals surface area (Å²) < 4.78 is 3.01. The first-order valence-electron chi connectivity index (χ1n) is 7.65. The Bertz CT molecular complexity index is 579. The zero-order valence-electron chi connectivity index (χ0n) is 12.9. The zero-order chi connectivity index (χ0) is 15.2. The summed E-state index contributed by atoms with van der Waals surface area (Å²) in [5, 5.41) is 12.4. The molecule has 21 heavy (non-hydrogen) atoms. The number of aromatic nitrogens is 3. The summed E-state index contributed by atoms with van der Waals surface area (Å²) in [4.78, 5) is 0. The van der Waals surface area contributed by atoms with Crippen molar-refractivity contribution in [2.75, 3.05) is 6.54 Å². The van der Waals surface area contributed by atoms with Crippen molar-refractivity contribution in [3.8, 4) is 5.69 Å². The van der Waals surface area contributed by atoms with Crippen LogP contribution in [0, 0.1) is 0 Å². The SMILES string of the molecule is CCCNC(CC)c1nnn(-c2cccc(Br)c2)c1CC. The van der Waals surface area contributed by atoms with Crippen LogP contribution in [0.25, 0.3) is 5.69 Å². The molecule has 0 saturated heterocycles. The average molecular weight is 351 g/mol. The van der Waals surface area contributed by atoms with Crippen molar-refractivity contribution in [3.05, 3.63) is 40.1 Å². The molecule has 5 heteroatoms. The van der Waals surface area contributed by atoms with E-state index in [0.29, 0.717) is 0 Å². The van der Waals surface area contributed by atoms with Crippen LogP contribution in [0.4, 0.5) is 0 Å². The van der Waals surface area contributed by atoms with E-state index in [-0.39, 0.29) is 6.04 Å². The number of hydrogen-bond donors (Lipinski definition) is 1. The molecule has 4 nitrogen and oxygen atoms in total. The van der Waals surface area contributed by atoms with Crippen LogP contribution in [0.2, 0.25) is 0 Å². The molecule has 2 rings (SSSR count). The minimum atomic E-state index is 0.279. The van der Waals surface area contributed by atoms with Gasteiger partial charge >= 0.3 is 0 Å². The van der Waals surface area contributed by atoms with E-state index < -0.39 is 0 Å². The summed E-state index contributed by atoms with van der Waals surface area (Å²) in [5.41, 5.74) is 3.31. The maximum Gasteiger partial charge on any atom is 0.103 e. The van der Waals surface area contributed by atoms with Crippen molar-refractivity contribution < 1.29 is 0 Å². The van der Waals surface area contributed by atoms with E-state index in [1.165, 1.54) is 5.69 Å². The Kier molecular flexibility index (Phi) is 5.94. The summed E-state index contributed by atoms with van der Waals surface area (Å²) in [6, 6.07) is 8.44. The number of hydrogen-bond acceptors (Lipinski definition) is 3. The lowest BCUT2D eigenvalue weighted by Crippen LogP contribution is -2.23. The average Bonchev–Trinajstić information content (AvgIpc) is 2.92. The van der Waals surface area contributed by atoms with Crippen LogP contribution in [-0.4, -0.2) is 21.5 Å². The fraction of sp³-hybridized carbons (Fsp3) is 0.500. The molecule has 1 aromatic carbocycles. The van der Waals surface area contributed by atoms with Crippen LogP contribution in [0.5, 0.6) is 0 Å². The van der Waals surface area contributed by atoms with E-state index in [1.807, 2.05) is 16.8 Å². The van der Waals surface area contributed by atoms with E-state index in [0.717, 1.165) is 41.7 Å². The molecule has 0 aliphatic carbocycles. The number of benzene rings is 1. The first-order chi connectivity index (χ1) is 10.2. The van der Waals surface area contributed by atoms with Gasteiger partial charge in [0.1, 0.15) is 5.69 Å². The smallest absolute Gasteiger partial charge is 0.103 e. The summed E-state index contributed by atoms with van der Waals surface area (Å²) >= 11 is 3.52. The maximum atomic E-state index is 4.45. The molecular formula is C16H23BrN4. The lowest BCUT2D eigenvalue weighted by atomic mass is 10.1. The van der Waals surface area contributed by atoms with Gasteiger partial charge in [0.05, 0.1) is 17.4 Å². The van der Waals surface area contributed by atoms with Crippen molar-refractivity contribution in [1.29, 1.82) is 0 Å². The van der Waals surface area contributed by atoms with E-state index >= 15 is 0 Å². The molecular weight excluding hydrogens is 328 g/mol. The van der Waals surface area contributed by atoms with Gasteiger partial charge < -0.3 is 5.32 Å². The lowest BCUT2D eigenvalue weighted by molar-refractivity contribution is 0.503. The van der Waals surface area contributed by atoms with Crippen molar-refractivity contribution >= 4 is 15.9 Å². The molecule has 0 fully saturated rings. The largest absolute Gasteiger partial charge is 0.309 e. The van der Waals surface area contributed by atoms with E-state index in [2.05, 4.69) is 64.5 Å². The first-order valence-corrected chi connectivity index (χ1v) is 8.44. The Morgan fingerprint density at radius 2 is 2.10 bits per heavy atom. The van der Waals surface area contributed by atoms with Gasteiger partial charge in [0, 0.05) is 4.47 Å². The molecule has 0 bridgehead atoms. The second kappa shape index (κ2) is 7.71. The van der Waals surface area contributed by atoms with Crippen LogP contribution < -0.4 is 5.32 Å². The molecule has 1 N–H and O–H groups in total. The Morgan fingerprint density at radius 3 is 2.71 bits per heavy atom. The minimum Gasteiger partial charge on any atom is -0.309 e. The van der Waals surface area contributed by atoms with E-state index in [9.17, 15) is 0 Å². The topological polar surface area (TPSA) is 42.7 Å². The number of halogens is 1. The fourth-order valence-corrected chi connectivity index (χ4v) is 2.87. The van der Waals surface area contributed by atoms with Gasteiger partial charge in [0.2, 0.25) is 0 Å². The Morgan fingerprint density at radius 1 is 1.29 bits per heavy atom. The molecule has 1 aromatic heterocycles. The third-order valence-corrected chi connectivity index (χ3v) is 4.05. The second-order valence-electron chi connectivity index (χ2n) is 5.08. The molecule has 2 aromatic rings. The minimum absolute atomic E-state index is 0.279. The standard InChI is InChI=1S/C16H23BrN4/c1-4-10-18-14(5-2)16-15(6-3)21(20-19-16)13-9-7-8-12(17)11-13/h7-9,11,14,18H,4-6,10H2,1-3H3. The number of rotatable bonds is 7. The lowest BCUT2D eigenvalue weighted by Gasteiger charge is -2.16. The highest BCUT2D eigenvalue weighted by Gasteiger charge is 2.19. The van der Waals surface area contributed by atoms with Crippen LogP contribution in [0.15, 0.2) is 28.7 Å². The molecule has 0 aliphatic heterocycles. The summed E-state index contributed by atoms with van der Waals surface area (Å²) in [7, 11) is 0. The van der Waals surface area contributed by atoms with E-state index in [4.69, 9.17) is 0 Å². The molecule has 0 saturated carbocycles. The highest BCUT2D eigenvalue weighted by atomic mass is 79.9. The molecule has 0 aliphatic rings. The highest BCUT2D eigenvalue weighted by Crippen LogP contribution is 2.23. The van der Waals surface area contributed by atoms with Gasteiger partial charge in [-0.1, -0.05) is 48.0 Å². The highest BCUT2D eigenvalue weighted by molar-refractivity contribution is 9.10. The molecule has 0 amide bonds. The predicted octanol–water partition coefficient (Wildman–Crippen LogP) is 4.04. The van der Waals surface area contributed by atoms with Crippen LogP contribution >= 0.6 is 15.9 Å². The Hall–Kier alpha value is -1.20. The fourth-order valence-electron chi connectivity index (χ4n) is 2.48. The summed E-state index contributed by atoms with van der Waals surface area (Å²) in [5.74, 6) is 0. The van der Waals surface area contributed by atoms with Crippen molar-refractivity contribution in [1.82, 2.24) is 20.3 Å². The Labute approximate surface area is 135 Å². The quantitative estimate of drug-likeness (QED) is 0.819. The monoisotopic (exact) mass is 350 g/mol. The summed E-state index contributed by atoms with van der Waals surface area (Å²) in [6.07, 6.45) is 3.06.